The number of ether oxygens (including phenoxy) is 1. The molecule has 3 aromatic rings. The lowest BCUT2D eigenvalue weighted by atomic mass is 9.91. The molecule has 1 saturated carbocycles. The Kier molecular flexibility index (Phi) is 6.44. The maximum Gasteiger partial charge on any atom is 0.277 e. The average Bonchev–Trinajstić information content (AvgIpc) is 3.65. The Hall–Kier alpha value is -3.68. The standard InChI is InChI=1S/C29H31N5O4S/c1-38-24-8-6-23(7-9-24)34-27-25(26(20-30)31-34)10-14-33(28(27)35)22-4-2-21(3-5-22)29(11-12-29)13-15-32-16-18-39(36,37)19-17-32/h2-9H,10-19H2,1H3. The molecule has 0 N–H and O–H groups in total. The number of fused-ring (bicyclic) bond motifs is 1. The molecule has 3 aliphatic rings. The number of amides is 1. The van der Waals surface area contributed by atoms with Crippen LogP contribution < -0.4 is 9.64 Å². The van der Waals surface area contributed by atoms with Crippen molar-refractivity contribution in [1.82, 2.24) is 14.7 Å². The van der Waals surface area contributed by atoms with Crippen LogP contribution in [0.15, 0.2) is 48.5 Å². The summed E-state index contributed by atoms with van der Waals surface area (Å²) in [6.45, 7) is 2.63. The number of hydrogen-bond acceptors (Lipinski definition) is 7. The van der Waals surface area contributed by atoms with Gasteiger partial charge >= 0.3 is 0 Å². The molecular weight excluding hydrogens is 514 g/mol. The fourth-order valence-electron chi connectivity index (χ4n) is 5.78. The van der Waals surface area contributed by atoms with Gasteiger partial charge in [-0.3, -0.25) is 4.79 Å². The predicted octanol–water partition coefficient (Wildman–Crippen LogP) is 3.11. The normalized spacial score (nSPS) is 19.8. The van der Waals surface area contributed by atoms with Gasteiger partial charge in [0, 0.05) is 30.9 Å². The minimum Gasteiger partial charge on any atom is -0.497 e. The number of anilines is 1. The summed E-state index contributed by atoms with van der Waals surface area (Å²) in [6.07, 6.45) is 3.82. The first kappa shape index (κ1) is 25.6. The summed E-state index contributed by atoms with van der Waals surface area (Å²) in [5.41, 5.74) is 4.33. The van der Waals surface area contributed by atoms with Crippen LogP contribution in [0, 0.1) is 11.3 Å². The van der Waals surface area contributed by atoms with E-state index in [1.54, 1.807) is 28.8 Å². The molecule has 1 aromatic heterocycles. The van der Waals surface area contributed by atoms with Gasteiger partial charge in [-0.05, 0) is 79.6 Å². The zero-order valence-electron chi connectivity index (χ0n) is 22.0. The predicted molar refractivity (Wildman–Crippen MR) is 147 cm³/mol. The van der Waals surface area contributed by atoms with E-state index in [1.165, 1.54) is 5.56 Å². The van der Waals surface area contributed by atoms with Gasteiger partial charge in [-0.1, -0.05) is 12.1 Å². The fourth-order valence-corrected chi connectivity index (χ4v) is 7.06. The van der Waals surface area contributed by atoms with Gasteiger partial charge in [0.1, 0.15) is 17.5 Å². The zero-order valence-corrected chi connectivity index (χ0v) is 22.8. The average molecular weight is 546 g/mol. The largest absolute Gasteiger partial charge is 0.497 e. The van der Waals surface area contributed by atoms with Gasteiger partial charge in [-0.25, -0.2) is 13.1 Å². The minimum absolute atomic E-state index is 0.141. The van der Waals surface area contributed by atoms with Crippen LogP contribution in [0.2, 0.25) is 0 Å². The summed E-state index contributed by atoms with van der Waals surface area (Å²) in [5.74, 6) is 1.04. The molecule has 202 valence electrons. The summed E-state index contributed by atoms with van der Waals surface area (Å²) < 4.78 is 30.3. The quantitative estimate of drug-likeness (QED) is 0.449. The summed E-state index contributed by atoms with van der Waals surface area (Å²) in [6, 6.07) is 17.7. The Labute approximate surface area is 228 Å². The zero-order chi connectivity index (χ0) is 27.2. The summed E-state index contributed by atoms with van der Waals surface area (Å²) in [5, 5.41) is 14.1. The van der Waals surface area contributed by atoms with Crippen molar-refractivity contribution in [3.63, 3.8) is 0 Å². The van der Waals surface area contributed by atoms with E-state index >= 15 is 0 Å². The SMILES string of the molecule is COc1ccc(-n2nc(C#N)c3c2C(=O)N(c2ccc(C4(CCN5CCS(=O)(=O)CC5)CC4)cc2)CC3)cc1. The summed E-state index contributed by atoms with van der Waals surface area (Å²) >= 11 is 0. The van der Waals surface area contributed by atoms with E-state index in [0.29, 0.717) is 48.7 Å². The van der Waals surface area contributed by atoms with Gasteiger partial charge in [-0.15, -0.1) is 0 Å². The Morgan fingerprint density at radius 2 is 1.67 bits per heavy atom. The van der Waals surface area contributed by atoms with Crippen LogP contribution in [0.3, 0.4) is 0 Å². The van der Waals surface area contributed by atoms with Crippen molar-refractivity contribution in [2.45, 2.75) is 31.1 Å². The van der Waals surface area contributed by atoms with Crippen molar-refractivity contribution in [1.29, 1.82) is 5.26 Å². The molecule has 0 bridgehead atoms. The lowest BCUT2D eigenvalue weighted by Crippen LogP contribution is -2.41. The molecule has 0 radical (unpaired) electrons. The number of carbonyl (C=O) groups is 1. The number of nitrogens with zero attached hydrogens (tertiary/aromatic N) is 5. The molecule has 2 aromatic carbocycles. The van der Waals surface area contributed by atoms with E-state index in [9.17, 15) is 18.5 Å². The van der Waals surface area contributed by atoms with Crippen molar-refractivity contribution in [2.75, 3.05) is 49.7 Å². The minimum atomic E-state index is -2.87. The molecule has 1 saturated heterocycles. The maximum absolute atomic E-state index is 13.8. The van der Waals surface area contributed by atoms with Crippen molar-refractivity contribution >= 4 is 21.4 Å². The van der Waals surface area contributed by atoms with Crippen LogP contribution in [0.25, 0.3) is 5.69 Å². The van der Waals surface area contributed by atoms with Gasteiger partial charge in [0.15, 0.2) is 15.5 Å². The highest BCUT2D eigenvalue weighted by Gasteiger charge is 2.44. The number of sulfone groups is 1. The van der Waals surface area contributed by atoms with Crippen LogP contribution in [-0.4, -0.2) is 73.8 Å². The second-order valence-corrected chi connectivity index (χ2v) is 13.0. The second-order valence-electron chi connectivity index (χ2n) is 10.7. The molecule has 3 heterocycles. The summed E-state index contributed by atoms with van der Waals surface area (Å²) in [7, 11) is -1.27. The Morgan fingerprint density at radius 3 is 2.28 bits per heavy atom. The molecule has 0 atom stereocenters. The van der Waals surface area contributed by atoms with Crippen LogP contribution in [0.5, 0.6) is 5.75 Å². The van der Waals surface area contributed by atoms with Gasteiger partial charge in [0.05, 0.1) is 24.3 Å². The third-order valence-corrected chi connectivity index (χ3v) is 10.0. The van der Waals surface area contributed by atoms with Crippen molar-refractivity contribution < 1.29 is 17.9 Å². The number of rotatable bonds is 7. The van der Waals surface area contributed by atoms with Gasteiger partial charge < -0.3 is 14.5 Å². The van der Waals surface area contributed by atoms with Crippen molar-refractivity contribution in [3.05, 3.63) is 71.0 Å². The van der Waals surface area contributed by atoms with Crippen LogP contribution >= 0.6 is 0 Å². The molecule has 2 aliphatic heterocycles. The molecular formula is C29H31N5O4S. The van der Waals surface area contributed by atoms with Gasteiger partial charge in [-0.2, -0.15) is 10.4 Å². The number of benzene rings is 2. The van der Waals surface area contributed by atoms with Gasteiger partial charge in [0.2, 0.25) is 0 Å². The topological polar surface area (TPSA) is 109 Å². The molecule has 1 amide bonds. The molecule has 0 unspecified atom stereocenters. The first-order valence-electron chi connectivity index (χ1n) is 13.3. The summed E-state index contributed by atoms with van der Waals surface area (Å²) in [4.78, 5) is 17.8. The van der Waals surface area contributed by atoms with E-state index in [2.05, 4.69) is 28.2 Å². The number of hydrogen-bond donors (Lipinski definition) is 0. The monoisotopic (exact) mass is 545 g/mol. The van der Waals surface area contributed by atoms with E-state index in [1.807, 2.05) is 24.3 Å². The molecule has 9 nitrogen and oxygen atoms in total. The molecule has 2 fully saturated rings. The lowest BCUT2D eigenvalue weighted by Gasteiger charge is -2.29. The van der Waals surface area contributed by atoms with Crippen LogP contribution in [0.4, 0.5) is 5.69 Å². The van der Waals surface area contributed by atoms with Crippen LogP contribution in [-0.2, 0) is 21.7 Å². The molecule has 6 rings (SSSR count). The first-order chi connectivity index (χ1) is 18.8. The molecule has 10 heteroatoms. The third-order valence-electron chi connectivity index (χ3n) is 8.43. The highest BCUT2D eigenvalue weighted by Crippen LogP contribution is 2.51. The Morgan fingerprint density at radius 1 is 1.00 bits per heavy atom. The number of nitriles is 1. The van der Waals surface area contributed by atoms with E-state index in [4.69, 9.17) is 4.74 Å². The van der Waals surface area contributed by atoms with Crippen LogP contribution in [0.1, 0.15) is 46.6 Å². The highest BCUT2D eigenvalue weighted by molar-refractivity contribution is 7.91. The number of aromatic nitrogens is 2. The fraction of sp³-hybridized carbons (Fsp3) is 0.414. The Bertz CT molecular complexity index is 1540. The number of methoxy groups -OCH3 is 1. The lowest BCUT2D eigenvalue weighted by molar-refractivity contribution is 0.0973. The Balaban J connectivity index is 1.20. The van der Waals surface area contributed by atoms with E-state index in [0.717, 1.165) is 31.5 Å². The maximum atomic E-state index is 13.8. The first-order valence-corrected chi connectivity index (χ1v) is 15.2. The smallest absolute Gasteiger partial charge is 0.277 e. The third kappa shape index (κ3) is 4.81. The highest BCUT2D eigenvalue weighted by atomic mass is 32.2. The van der Waals surface area contributed by atoms with E-state index in [-0.39, 0.29) is 28.5 Å². The number of carbonyl (C=O) groups excluding carboxylic acids is 1. The molecule has 39 heavy (non-hydrogen) atoms. The van der Waals surface area contributed by atoms with Crippen molar-refractivity contribution in [2.24, 2.45) is 0 Å². The van der Waals surface area contributed by atoms with Crippen molar-refractivity contribution in [3.8, 4) is 17.5 Å². The van der Waals surface area contributed by atoms with Gasteiger partial charge in [0.25, 0.3) is 5.91 Å². The van der Waals surface area contributed by atoms with E-state index < -0.39 is 9.84 Å². The second kappa shape index (κ2) is 9.81. The molecule has 1 aliphatic carbocycles. The molecule has 0 spiro atoms.